The maximum atomic E-state index is 12.8. The van der Waals surface area contributed by atoms with Crippen LogP contribution in [-0.4, -0.2) is 31.1 Å². The minimum Gasteiger partial charge on any atom is -0.354 e. The van der Waals surface area contributed by atoms with Crippen LogP contribution < -0.4 is 16.6 Å². The van der Waals surface area contributed by atoms with Gasteiger partial charge in [0.25, 0.3) is 5.56 Å². The molecule has 0 fully saturated rings. The van der Waals surface area contributed by atoms with Gasteiger partial charge in [-0.05, 0) is 44.5 Å². The van der Waals surface area contributed by atoms with E-state index in [0.717, 1.165) is 34.4 Å². The summed E-state index contributed by atoms with van der Waals surface area (Å²) >= 11 is 0. The normalized spacial score (nSPS) is 11.3. The maximum absolute atomic E-state index is 12.8. The van der Waals surface area contributed by atoms with Crippen LogP contribution in [0.4, 0.5) is 0 Å². The van der Waals surface area contributed by atoms with Crippen LogP contribution in [0.5, 0.6) is 0 Å². The van der Waals surface area contributed by atoms with E-state index < -0.39 is 5.69 Å². The molecular weight excluding hydrogens is 394 g/mol. The third kappa shape index (κ3) is 3.88. The number of rotatable bonds is 7. The summed E-state index contributed by atoms with van der Waals surface area (Å²) in [5.41, 5.74) is 1.70. The highest BCUT2D eigenvalue weighted by atomic mass is 16.2. The first-order valence-corrected chi connectivity index (χ1v) is 10.4. The number of carbonyl (C=O) groups is 1. The first-order chi connectivity index (χ1) is 15.0. The van der Waals surface area contributed by atoms with Gasteiger partial charge in [-0.15, -0.1) is 0 Å². The highest BCUT2D eigenvalue weighted by Gasteiger charge is 2.14. The van der Waals surface area contributed by atoms with Gasteiger partial charge in [0.2, 0.25) is 5.91 Å². The third-order valence-electron chi connectivity index (χ3n) is 5.48. The van der Waals surface area contributed by atoms with E-state index in [-0.39, 0.29) is 24.6 Å². The van der Waals surface area contributed by atoms with E-state index >= 15 is 0 Å². The van der Waals surface area contributed by atoms with Crippen molar-refractivity contribution >= 4 is 27.8 Å². The molecule has 0 saturated heterocycles. The second-order valence-electron chi connectivity index (χ2n) is 7.44. The molecule has 0 radical (unpaired) electrons. The summed E-state index contributed by atoms with van der Waals surface area (Å²) in [6, 6.07) is 14.8. The minimum absolute atomic E-state index is 0.132. The molecule has 0 unspecified atom stereocenters. The summed E-state index contributed by atoms with van der Waals surface area (Å²) < 4.78 is 4.66. The number of aryl methyl sites for hydroxylation is 2. The molecule has 4 aromatic rings. The first-order valence-electron chi connectivity index (χ1n) is 10.4. The summed E-state index contributed by atoms with van der Waals surface area (Å²) in [7, 11) is 0. The monoisotopic (exact) mass is 419 g/mol. The van der Waals surface area contributed by atoms with E-state index in [1.54, 1.807) is 31.2 Å². The Morgan fingerprint density at radius 1 is 0.968 bits per heavy atom. The molecule has 0 bridgehead atoms. The molecule has 2 heterocycles. The summed E-state index contributed by atoms with van der Waals surface area (Å²) in [4.78, 5) is 42.4. The molecule has 0 aliphatic heterocycles. The van der Waals surface area contributed by atoms with Crippen molar-refractivity contribution in [1.82, 2.24) is 24.0 Å². The van der Waals surface area contributed by atoms with Crippen molar-refractivity contribution in [2.75, 3.05) is 6.54 Å². The number of para-hydroxylation sites is 3. The highest BCUT2D eigenvalue weighted by Crippen LogP contribution is 2.15. The number of hydrogen-bond donors (Lipinski definition) is 1. The number of nitrogens with one attached hydrogen (secondary N) is 1. The molecule has 0 saturated carbocycles. The van der Waals surface area contributed by atoms with E-state index in [2.05, 4.69) is 14.9 Å². The molecule has 8 nitrogen and oxygen atoms in total. The van der Waals surface area contributed by atoms with Crippen molar-refractivity contribution in [3.05, 3.63) is 75.2 Å². The number of nitrogens with zero attached hydrogens (tertiary/aromatic N) is 4. The zero-order valence-corrected chi connectivity index (χ0v) is 17.7. The highest BCUT2D eigenvalue weighted by molar-refractivity contribution is 5.81. The van der Waals surface area contributed by atoms with Gasteiger partial charge in [0.15, 0.2) is 0 Å². The molecular formula is C23H25N5O3. The largest absolute Gasteiger partial charge is 0.354 e. The van der Waals surface area contributed by atoms with Crippen LogP contribution in [0.2, 0.25) is 0 Å². The Bertz CT molecular complexity index is 1380. The van der Waals surface area contributed by atoms with Crippen LogP contribution in [0.1, 0.15) is 19.2 Å². The van der Waals surface area contributed by atoms with Crippen LogP contribution in [0.25, 0.3) is 21.9 Å². The van der Waals surface area contributed by atoms with Crippen molar-refractivity contribution in [2.24, 2.45) is 0 Å². The number of carbonyl (C=O) groups excluding carboxylic acids is 1. The predicted molar refractivity (Wildman–Crippen MR) is 120 cm³/mol. The number of imidazole rings is 1. The summed E-state index contributed by atoms with van der Waals surface area (Å²) in [6.07, 6.45) is 0.733. The molecule has 0 atom stereocenters. The Balaban J connectivity index is 1.45. The predicted octanol–water partition coefficient (Wildman–Crippen LogP) is 2.05. The van der Waals surface area contributed by atoms with Crippen LogP contribution in [0.15, 0.2) is 58.1 Å². The van der Waals surface area contributed by atoms with Gasteiger partial charge in [0.05, 0.1) is 21.9 Å². The van der Waals surface area contributed by atoms with Gasteiger partial charge in [0, 0.05) is 19.6 Å². The fourth-order valence-corrected chi connectivity index (χ4v) is 3.95. The number of amides is 1. The van der Waals surface area contributed by atoms with Crippen molar-refractivity contribution < 1.29 is 4.79 Å². The lowest BCUT2D eigenvalue weighted by Crippen LogP contribution is -2.42. The van der Waals surface area contributed by atoms with Crippen molar-refractivity contribution in [3.8, 4) is 0 Å². The Hall–Kier alpha value is -3.68. The lowest BCUT2D eigenvalue weighted by molar-refractivity contribution is -0.121. The Morgan fingerprint density at radius 3 is 2.45 bits per heavy atom. The van der Waals surface area contributed by atoms with Gasteiger partial charge in [0.1, 0.15) is 12.4 Å². The fourth-order valence-electron chi connectivity index (χ4n) is 3.95. The number of aromatic nitrogens is 4. The zero-order valence-electron chi connectivity index (χ0n) is 17.7. The van der Waals surface area contributed by atoms with Gasteiger partial charge in [-0.1, -0.05) is 24.3 Å². The van der Waals surface area contributed by atoms with Gasteiger partial charge in [-0.25, -0.2) is 9.78 Å². The molecule has 0 spiro atoms. The first kappa shape index (κ1) is 20.6. The SMILES string of the molecule is CCn1c(=O)c2ccccc2n(CC(=O)NCCCn2c(C)nc3ccccc32)c1=O. The molecule has 0 aliphatic carbocycles. The second-order valence-corrected chi connectivity index (χ2v) is 7.44. The van der Waals surface area contributed by atoms with E-state index in [1.165, 1.54) is 4.57 Å². The molecule has 1 amide bonds. The molecule has 0 aliphatic rings. The molecule has 1 N–H and O–H groups in total. The summed E-state index contributed by atoms with van der Waals surface area (Å²) in [6.45, 7) is 5.04. The van der Waals surface area contributed by atoms with E-state index in [4.69, 9.17) is 0 Å². The van der Waals surface area contributed by atoms with Crippen LogP contribution in [0.3, 0.4) is 0 Å². The fraction of sp³-hybridized carbons (Fsp3) is 0.304. The smallest absolute Gasteiger partial charge is 0.331 e. The number of fused-ring (bicyclic) bond motifs is 2. The molecule has 8 heteroatoms. The van der Waals surface area contributed by atoms with E-state index in [0.29, 0.717) is 17.4 Å². The molecule has 2 aromatic carbocycles. The topological polar surface area (TPSA) is 90.9 Å². The molecule has 160 valence electrons. The van der Waals surface area contributed by atoms with Crippen LogP contribution >= 0.6 is 0 Å². The Kier molecular flexibility index (Phi) is 5.70. The lowest BCUT2D eigenvalue weighted by Gasteiger charge is -2.13. The third-order valence-corrected chi connectivity index (χ3v) is 5.48. The molecule has 4 rings (SSSR count). The minimum atomic E-state index is -0.470. The van der Waals surface area contributed by atoms with Crippen molar-refractivity contribution in [2.45, 2.75) is 39.9 Å². The standard InChI is InChI=1S/C23H25N5O3/c1-3-26-22(30)17-9-4-6-11-19(17)28(23(26)31)15-21(29)24-13-8-14-27-16(2)25-18-10-5-7-12-20(18)27/h4-7,9-12H,3,8,13-15H2,1-2H3,(H,24,29). The quantitative estimate of drug-likeness (QED) is 0.464. The van der Waals surface area contributed by atoms with Crippen molar-refractivity contribution in [3.63, 3.8) is 0 Å². The number of hydrogen-bond acceptors (Lipinski definition) is 4. The zero-order chi connectivity index (χ0) is 22.0. The molecule has 31 heavy (non-hydrogen) atoms. The lowest BCUT2D eigenvalue weighted by atomic mass is 10.2. The summed E-state index contributed by atoms with van der Waals surface area (Å²) in [5, 5.41) is 3.32. The van der Waals surface area contributed by atoms with Crippen LogP contribution in [0, 0.1) is 6.92 Å². The number of benzene rings is 2. The Morgan fingerprint density at radius 2 is 1.68 bits per heavy atom. The van der Waals surface area contributed by atoms with Crippen LogP contribution in [-0.2, 0) is 24.4 Å². The van der Waals surface area contributed by atoms with Gasteiger partial charge < -0.3 is 9.88 Å². The second kappa shape index (κ2) is 8.59. The van der Waals surface area contributed by atoms with Gasteiger partial charge in [-0.2, -0.15) is 0 Å². The van der Waals surface area contributed by atoms with Gasteiger partial charge >= 0.3 is 5.69 Å². The Labute approximate surface area is 178 Å². The van der Waals surface area contributed by atoms with Crippen molar-refractivity contribution in [1.29, 1.82) is 0 Å². The maximum Gasteiger partial charge on any atom is 0.331 e. The van der Waals surface area contributed by atoms with E-state index in [9.17, 15) is 14.4 Å². The average molecular weight is 419 g/mol. The van der Waals surface area contributed by atoms with E-state index in [1.807, 2.05) is 31.2 Å². The average Bonchev–Trinajstić information content (AvgIpc) is 3.09. The van der Waals surface area contributed by atoms with Gasteiger partial charge in [-0.3, -0.25) is 18.7 Å². The summed E-state index contributed by atoms with van der Waals surface area (Å²) in [5.74, 6) is 0.674. The molecule has 2 aromatic heterocycles.